The number of nitrogens with two attached hydrogens (primary N) is 1. The quantitative estimate of drug-likeness (QED) is 0.0564. The van der Waals surface area contributed by atoms with Crippen molar-refractivity contribution in [1.29, 1.82) is 0 Å². The summed E-state index contributed by atoms with van der Waals surface area (Å²) in [6, 6.07) is 22.9. The molecule has 0 bridgehead atoms. The van der Waals surface area contributed by atoms with E-state index in [-0.39, 0.29) is 62.4 Å². The first-order chi connectivity index (χ1) is 36.3. The molecule has 3 aliphatic rings. The Balaban J connectivity index is 0.000000197. The van der Waals surface area contributed by atoms with Crippen molar-refractivity contribution in [2.24, 2.45) is 4.99 Å². The van der Waals surface area contributed by atoms with Crippen LogP contribution >= 0.6 is 0 Å². The van der Waals surface area contributed by atoms with Gasteiger partial charge in [-0.15, -0.1) is 0 Å². The van der Waals surface area contributed by atoms with E-state index in [9.17, 15) is 64.8 Å². The summed E-state index contributed by atoms with van der Waals surface area (Å²) in [6.07, 6.45) is -9.35. The fraction of sp³-hybridized carbons (Fsp3) is 0.288. The zero-order chi connectivity index (χ0) is 59.1. The molecule has 0 radical (unpaired) electrons. The van der Waals surface area contributed by atoms with Crippen molar-refractivity contribution in [2.75, 3.05) is 49.5 Å². The van der Waals surface area contributed by atoms with Gasteiger partial charge in [-0.3, -0.25) is 12.9 Å². The van der Waals surface area contributed by atoms with Crippen molar-refractivity contribution in [1.82, 2.24) is 28.9 Å². The van der Waals surface area contributed by atoms with Gasteiger partial charge in [0, 0.05) is 54.8 Å². The lowest BCUT2D eigenvalue weighted by Gasteiger charge is -2.41. The fourth-order valence-electron chi connectivity index (χ4n) is 8.82. The number of nitrogens with one attached hydrogen (secondary N) is 4. The Hall–Kier alpha value is -7.39. The van der Waals surface area contributed by atoms with Crippen LogP contribution in [0.1, 0.15) is 54.6 Å². The maximum Gasteiger partial charge on any atom is 0.433 e. The van der Waals surface area contributed by atoms with Gasteiger partial charge in [0.2, 0.25) is 30.1 Å². The van der Waals surface area contributed by atoms with Crippen molar-refractivity contribution in [3.05, 3.63) is 198 Å². The number of halogens is 9. The van der Waals surface area contributed by atoms with E-state index in [1.807, 2.05) is 0 Å². The van der Waals surface area contributed by atoms with Gasteiger partial charge in [-0.1, -0.05) is 80.4 Å². The highest BCUT2D eigenvalue weighted by Gasteiger charge is 2.46. The number of rotatable bonds is 8. The van der Waals surface area contributed by atoms with Crippen molar-refractivity contribution in [3.63, 3.8) is 0 Å². The second kappa shape index (κ2) is 22.0. The molecule has 79 heavy (non-hydrogen) atoms. The summed E-state index contributed by atoms with van der Waals surface area (Å²) in [7, 11) is -7.09. The highest BCUT2D eigenvalue weighted by atomic mass is 32.2. The first-order valence-corrected chi connectivity index (χ1v) is 28.2. The lowest BCUT2D eigenvalue weighted by molar-refractivity contribution is -0.144. The molecule has 5 aromatic rings. The molecule has 3 heterocycles. The van der Waals surface area contributed by atoms with Crippen molar-refractivity contribution >= 4 is 52.8 Å². The van der Waals surface area contributed by atoms with Gasteiger partial charge >= 0.3 is 12.4 Å². The summed E-state index contributed by atoms with van der Waals surface area (Å²) < 4.78 is 202. The Morgan fingerprint density at radius 2 is 0.962 bits per heavy atom. The van der Waals surface area contributed by atoms with Crippen molar-refractivity contribution < 1.29 is 64.8 Å². The topological polar surface area (TPSA) is 199 Å². The summed E-state index contributed by atoms with van der Waals surface area (Å²) in [5.74, 6) is -3.02. The summed E-state index contributed by atoms with van der Waals surface area (Å²) in [4.78, 5) is 3.71. The Morgan fingerprint density at radius 1 is 0.582 bits per heavy atom. The van der Waals surface area contributed by atoms with E-state index in [1.54, 1.807) is 19.1 Å². The minimum atomic E-state index is -4.75. The number of nitrogen functional groups attached to an aromatic ring is 1. The second-order valence-corrected chi connectivity index (χ2v) is 25.3. The fourth-order valence-corrected chi connectivity index (χ4v) is 13.4. The van der Waals surface area contributed by atoms with Crippen LogP contribution in [0.4, 0.5) is 56.6 Å². The van der Waals surface area contributed by atoms with Gasteiger partial charge in [-0.25, -0.2) is 43.4 Å². The monoisotopic (exact) mass is 1170 g/mol. The summed E-state index contributed by atoms with van der Waals surface area (Å²) in [5, 5.41) is 11.0. The molecule has 426 valence electrons. The van der Waals surface area contributed by atoms with E-state index in [1.165, 1.54) is 114 Å². The third-order valence-corrected chi connectivity index (χ3v) is 19.1. The number of sulfonamides is 3. The van der Waals surface area contributed by atoms with E-state index < -0.39 is 99.8 Å². The van der Waals surface area contributed by atoms with E-state index >= 15 is 0 Å². The van der Waals surface area contributed by atoms with Gasteiger partial charge in [-0.2, -0.15) is 26.3 Å². The van der Waals surface area contributed by atoms with Crippen molar-refractivity contribution in [2.45, 2.75) is 55.8 Å². The van der Waals surface area contributed by atoms with E-state index in [0.717, 1.165) is 37.2 Å². The number of hydrogen-bond donors (Lipinski definition) is 5. The van der Waals surface area contributed by atoms with Crippen LogP contribution in [0.2, 0.25) is 0 Å². The van der Waals surface area contributed by atoms with Gasteiger partial charge in [-0.05, 0) is 80.9 Å². The molecule has 1 unspecified atom stereocenters. The molecule has 8 rings (SSSR count). The molecule has 0 amide bonds. The van der Waals surface area contributed by atoms with Crippen LogP contribution in [-0.2, 0) is 46.7 Å². The van der Waals surface area contributed by atoms with Crippen LogP contribution < -0.4 is 27.0 Å². The molecule has 3 fully saturated rings. The summed E-state index contributed by atoms with van der Waals surface area (Å²) in [5.41, 5.74) is 0.630. The predicted molar refractivity (Wildman–Crippen MR) is 285 cm³/mol. The molecule has 0 saturated carbocycles. The van der Waals surface area contributed by atoms with Crippen molar-refractivity contribution in [3.8, 4) is 0 Å². The largest absolute Gasteiger partial charge is 0.433 e. The maximum absolute atomic E-state index is 14.6. The molecule has 15 nitrogen and oxygen atoms in total. The number of aliphatic imine (C=N–C) groups is 1. The molecule has 27 heteroatoms. The smallest absolute Gasteiger partial charge is 0.399 e. The molecule has 0 aromatic heterocycles. The molecule has 0 spiro atoms. The number of alkyl halides is 6. The van der Waals surface area contributed by atoms with Gasteiger partial charge in [0.25, 0.3) is 0 Å². The van der Waals surface area contributed by atoms with Crippen LogP contribution in [0.3, 0.4) is 0 Å². The lowest BCUT2D eigenvalue weighted by Crippen LogP contribution is -2.56. The highest BCUT2D eigenvalue weighted by Crippen LogP contribution is 2.40. The predicted octanol–water partition coefficient (Wildman–Crippen LogP) is 9.11. The van der Waals surface area contributed by atoms with Gasteiger partial charge in [0.1, 0.15) is 41.0 Å². The van der Waals surface area contributed by atoms with E-state index in [0.29, 0.717) is 5.69 Å². The number of anilines is 2. The first-order valence-electron chi connectivity index (χ1n) is 23.4. The van der Waals surface area contributed by atoms with Crippen LogP contribution in [-0.4, -0.2) is 94.6 Å². The van der Waals surface area contributed by atoms with Gasteiger partial charge < -0.3 is 27.0 Å². The molecular formula is C52H56F9N9O6S3. The molecule has 4 atom stereocenters. The average Bonchev–Trinajstić information content (AvgIpc) is 3.41. The van der Waals surface area contributed by atoms with E-state index in [4.69, 9.17) is 5.73 Å². The standard InChI is InChI=1S/C20H21F4N3O2S.C20H19F4N3O2S.C12H16FN3O2S/c2*1-13-26-19(2,12-30(28,29)27(13)3)16-11-15(9-10-17(16)21)25-18(20(22,23)24)14-7-5-4-6-8-14;1-8-15-12(2,7-19(17,18)16(8)3)10-6-9(14)4-5-11(10)13/h4-11,18,25-26H,1,12H2,2-3H3;4-11,26H,1,12H2,2-3H3;4-6,15H,1,7,14H2,2-3H3/t18?,19-;19-;12-/m000/s1. The Labute approximate surface area is 452 Å². The highest BCUT2D eigenvalue weighted by molar-refractivity contribution is 7.89. The number of benzene rings is 5. The summed E-state index contributed by atoms with van der Waals surface area (Å²) >= 11 is 0. The third-order valence-electron chi connectivity index (χ3n) is 13.1. The molecule has 6 N–H and O–H groups in total. The third kappa shape index (κ3) is 13.6. The molecule has 5 aromatic carbocycles. The van der Waals surface area contributed by atoms with Crippen LogP contribution in [0, 0.1) is 17.5 Å². The Kier molecular flexibility index (Phi) is 17.0. The molecule has 3 saturated heterocycles. The number of hydrogen-bond acceptors (Lipinski definition) is 12. The minimum Gasteiger partial charge on any atom is -0.399 e. The number of nitrogens with zero attached hydrogens (tertiary/aromatic N) is 4. The molecular weight excluding hydrogens is 1110 g/mol. The zero-order valence-electron chi connectivity index (χ0n) is 43.2. The van der Waals surface area contributed by atoms with Gasteiger partial charge in [0.05, 0.1) is 39.6 Å². The normalized spacial score (nSPS) is 23.1. The SMILES string of the molecule is C=C1N[C@](C)(c2cc(N)ccc2F)CS(=O)(=O)N1C.C=C1N[C@](C)(c2cc(N=C(c3ccccc3)C(F)(F)F)ccc2F)CS(=O)(=O)N1C.C=C1N[C@](C)(c2cc(NC(c3ccccc3)C(F)(F)F)ccc2F)CS(=O)(=O)N1C. The first kappa shape index (κ1) is 60.8. The van der Waals surface area contributed by atoms with Crippen LogP contribution in [0.5, 0.6) is 0 Å². The summed E-state index contributed by atoms with van der Waals surface area (Å²) in [6.45, 7) is 15.4. The zero-order valence-corrected chi connectivity index (χ0v) is 45.7. The maximum atomic E-state index is 14.6. The van der Waals surface area contributed by atoms with Crippen LogP contribution in [0.15, 0.2) is 157 Å². The average molecular weight is 1170 g/mol. The van der Waals surface area contributed by atoms with Gasteiger partial charge in [0.15, 0.2) is 5.71 Å². The Morgan fingerprint density at radius 3 is 1.37 bits per heavy atom. The molecule has 0 aliphatic carbocycles. The second-order valence-electron chi connectivity index (χ2n) is 19.3. The van der Waals surface area contributed by atoms with Crippen LogP contribution in [0.25, 0.3) is 0 Å². The van der Waals surface area contributed by atoms with E-state index in [2.05, 4.69) is 46.0 Å². The minimum absolute atomic E-state index is 0.00235. The molecule has 3 aliphatic heterocycles. The lowest BCUT2D eigenvalue weighted by atomic mass is 9.92. The Bertz CT molecular complexity index is 3540.